The molecule has 1 atom stereocenters. The minimum Gasteiger partial charge on any atom is -0.381 e. The van der Waals surface area contributed by atoms with Crippen LogP contribution in [0.5, 0.6) is 0 Å². The monoisotopic (exact) mass is 478 g/mol. The Hall–Kier alpha value is -0.410. The number of aryl methyl sites for hydroxylation is 2. The van der Waals surface area contributed by atoms with Gasteiger partial charge in [0.25, 0.3) is 0 Å². The number of hydrogen-bond acceptors (Lipinski definition) is 4. The van der Waals surface area contributed by atoms with Gasteiger partial charge in [0.2, 0.25) is 0 Å². The van der Waals surface area contributed by atoms with E-state index >= 15 is 0 Å². The molecule has 0 aliphatic carbocycles. The molecular weight excluding hydrogens is 447 g/mol. The second kappa shape index (κ2) is 9.50. The van der Waals surface area contributed by atoms with Crippen molar-refractivity contribution in [2.24, 2.45) is 10.4 Å². The molecule has 25 heavy (non-hydrogen) atoms. The van der Waals surface area contributed by atoms with Crippen molar-refractivity contribution in [2.75, 3.05) is 39.9 Å². The number of hydrogen-bond donors (Lipinski definition) is 1. The molecule has 142 valence electrons. The van der Waals surface area contributed by atoms with Crippen LogP contribution in [-0.2, 0) is 11.2 Å². The van der Waals surface area contributed by atoms with Gasteiger partial charge in [-0.3, -0.25) is 4.99 Å². The summed E-state index contributed by atoms with van der Waals surface area (Å²) in [4.78, 5) is 12.9. The third-order valence-corrected chi connectivity index (χ3v) is 6.34. The highest BCUT2D eigenvalue weighted by atomic mass is 127. The Labute approximate surface area is 172 Å². The zero-order valence-corrected chi connectivity index (χ0v) is 18.8. The van der Waals surface area contributed by atoms with Gasteiger partial charge in [-0.15, -0.1) is 35.3 Å². The van der Waals surface area contributed by atoms with Gasteiger partial charge in [-0.2, -0.15) is 0 Å². The number of thiazole rings is 1. The van der Waals surface area contributed by atoms with Crippen LogP contribution in [0.15, 0.2) is 4.99 Å². The summed E-state index contributed by atoms with van der Waals surface area (Å²) in [6.07, 6.45) is 6.03. The van der Waals surface area contributed by atoms with Crippen LogP contribution in [0.3, 0.4) is 0 Å². The maximum absolute atomic E-state index is 5.79. The summed E-state index contributed by atoms with van der Waals surface area (Å²) in [6, 6.07) is 0. The summed E-state index contributed by atoms with van der Waals surface area (Å²) < 4.78 is 5.79. The van der Waals surface area contributed by atoms with Crippen molar-refractivity contribution in [2.45, 2.75) is 46.0 Å². The van der Waals surface area contributed by atoms with Gasteiger partial charge in [0, 0.05) is 50.0 Å². The minimum atomic E-state index is 0. The first-order valence-corrected chi connectivity index (χ1v) is 9.90. The first-order valence-electron chi connectivity index (χ1n) is 9.08. The van der Waals surface area contributed by atoms with Crippen LogP contribution in [0.4, 0.5) is 0 Å². The van der Waals surface area contributed by atoms with E-state index < -0.39 is 0 Å². The number of piperidine rings is 1. The Morgan fingerprint density at radius 1 is 1.36 bits per heavy atom. The van der Waals surface area contributed by atoms with Gasteiger partial charge >= 0.3 is 0 Å². The van der Waals surface area contributed by atoms with Gasteiger partial charge in [-0.05, 0) is 39.5 Å². The minimum absolute atomic E-state index is 0. The highest BCUT2D eigenvalue weighted by molar-refractivity contribution is 14.0. The first-order chi connectivity index (χ1) is 11.6. The molecule has 1 unspecified atom stereocenters. The van der Waals surface area contributed by atoms with Crippen LogP contribution in [0.1, 0.15) is 41.3 Å². The maximum Gasteiger partial charge on any atom is 0.193 e. The highest BCUT2D eigenvalue weighted by Gasteiger charge is 2.38. The number of halogens is 1. The molecule has 1 N–H and O–H groups in total. The Bertz CT molecular complexity index is 578. The molecule has 0 amide bonds. The van der Waals surface area contributed by atoms with Crippen molar-refractivity contribution in [1.82, 2.24) is 15.2 Å². The number of guanidine groups is 1. The standard InChI is InChI=1S/C18H30N4OS.HI/c1-14-16(24-15(2)21-14)6-9-20-17(19-3)22-10-4-7-18(12-22)8-5-11-23-13-18;/h4-13H2,1-3H3,(H,19,20);1H. The molecule has 0 bridgehead atoms. The van der Waals surface area contributed by atoms with E-state index in [0.717, 1.165) is 50.2 Å². The smallest absolute Gasteiger partial charge is 0.193 e. The predicted molar refractivity (Wildman–Crippen MR) is 115 cm³/mol. The number of nitrogens with one attached hydrogen (secondary N) is 1. The molecule has 5 nitrogen and oxygen atoms in total. The average Bonchev–Trinajstić information content (AvgIpc) is 2.90. The van der Waals surface area contributed by atoms with Crippen molar-refractivity contribution in [3.8, 4) is 0 Å². The molecule has 3 heterocycles. The van der Waals surface area contributed by atoms with Gasteiger partial charge in [0.1, 0.15) is 0 Å². The van der Waals surface area contributed by atoms with E-state index in [-0.39, 0.29) is 24.0 Å². The molecule has 0 radical (unpaired) electrons. The highest BCUT2D eigenvalue weighted by Crippen LogP contribution is 2.37. The van der Waals surface area contributed by atoms with E-state index in [0.29, 0.717) is 5.41 Å². The summed E-state index contributed by atoms with van der Waals surface area (Å²) in [6.45, 7) is 9.11. The van der Waals surface area contributed by atoms with Gasteiger partial charge in [-0.1, -0.05) is 0 Å². The number of nitrogens with zero attached hydrogens (tertiary/aromatic N) is 3. The van der Waals surface area contributed by atoms with E-state index in [1.165, 1.54) is 36.3 Å². The summed E-state index contributed by atoms with van der Waals surface area (Å²) in [5.74, 6) is 1.04. The quantitative estimate of drug-likeness (QED) is 0.411. The normalized spacial score (nSPS) is 24.3. The Morgan fingerprint density at radius 3 is 2.80 bits per heavy atom. The lowest BCUT2D eigenvalue weighted by molar-refractivity contribution is -0.0370. The number of rotatable bonds is 3. The van der Waals surface area contributed by atoms with E-state index in [4.69, 9.17) is 4.74 Å². The number of likely N-dealkylation sites (tertiary alicyclic amines) is 1. The molecule has 2 aliphatic heterocycles. The third kappa shape index (κ3) is 5.29. The molecular formula is C18H31IN4OS. The Kier molecular flexibility index (Phi) is 7.94. The van der Waals surface area contributed by atoms with Crippen molar-refractivity contribution in [1.29, 1.82) is 0 Å². The van der Waals surface area contributed by atoms with Gasteiger partial charge < -0.3 is 15.0 Å². The van der Waals surface area contributed by atoms with Crippen molar-refractivity contribution in [3.05, 3.63) is 15.6 Å². The molecule has 2 aliphatic rings. The lowest BCUT2D eigenvalue weighted by atomic mass is 9.76. The summed E-state index contributed by atoms with van der Waals surface area (Å²) in [7, 11) is 1.89. The molecule has 1 spiro atoms. The zero-order chi connectivity index (χ0) is 17.0. The second-order valence-corrected chi connectivity index (χ2v) is 8.43. The largest absolute Gasteiger partial charge is 0.381 e. The molecule has 0 saturated carbocycles. The van der Waals surface area contributed by atoms with Crippen molar-refractivity contribution in [3.63, 3.8) is 0 Å². The molecule has 7 heteroatoms. The first kappa shape index (κ1) is 20.9. The third-order valence-electron chi connectivity index (χ3n) is 5.21. The fraction of sp³-hybridized carbons (Fsp3) is 0.778. The maximum atomic E-state index is 5.79. The lowest BCUT2D eigenvalue weighted by Gasteiger charge is -2.45. The lowest BCUT2D eigenvalue weighted by Crippen LogP contribution is -2.53. The van der Waals surface area contributed by atoms with Crippen molar-refractivity contribution >= 4 is 41.3 Å². The fourth-order valence-electron chi connectivity index (χ4n) is 4.05. The van der Waals surface area contributed by atoms with E-state index in [2.05, 4.69) is 34.0 Å². The Morgan fingerprint density at radius 2 is 2.16 bits per heavy atom. The SMILES string of the molecule is CN=C(NCCc1sc(C)nc1C)N1CCCC2(CCCOC2)C1.I. The fourth-order valence-corrected chi connectivity index (χ4v) is 4.98. The topological polar surface area (TPSA) is 49.8 Å². The molecule has 2 saturated heterocycles. The number of aliphatic imine (C=N–C) groups is 1. The van der Waals surface area contributed by atoms with Crippen LogP contribution in [0, 0.1) is 19.3 Å². The van der Waals surface area contributed by atoms with Crippen LogP contribution in [0.2, 0.25) is 0 Å². The summed E-state index contributed by atoms with van der Waals surface area (Å²) in [5.41, 5.74) is 1.52. The van der Waals surface area contributed by atoms with Crippen LogP contribution < -0.4 is 5.32 Å². The van der Waals surface area contributed by atoms with E-state index in [1.54, 1.807) is 11.3 Å². The molecule has 3 rings (SSSR count). The van der Waals surface area contributed by atoms with Crippen LogP contribution in [-0.4, -0.2) is 55.7 Å². The molecule has 0 aromatic carbocycles. The number of aromatic nitrogens is 1. The molecule has 1 aromatic rings. The molecule has 1 aromatic heterocycles. The molecule has 2 fully saturated rings. The van der Waals surface area contributed by atoms with E-state index in [1.807, 2.05) is 7.05 Å². The van der Waals surface area contributed by atoms with Gasteiger partial charge in [-0.25, -0.2) is 4.98 Å². The summed E-state index contributed by atoms with van der Waals surface area (Å²) in [5, 5.41) is 4.71. The Balaban J connectivity index is 0.00000225. The zero-order valence-electron chi connectivity index (χ0n) is 15.6. The average molecular weight is 478 g/mol. The van der Waals surface area contributed by atoms with Crippen LogP contribution >= 0.6 is 35.3 Å². The van der Waals surface area contributed by atoms with Crippen molar-refractivity contribution < 1.29 is 4.74 Å². The van der Waals surface area contributed by atoms with Crippen LogP contribution in [0.25, 0.3) is 0 Å². The van der Waals surface area contributed by atoms with Gasteiger partial charge in [0.05, 0.1) is 17.3 Å². The second-order valence-electron chi connectivity index (χ2n) is 7.15. The predicted octanol–water partition coefficient (Wildman–Crippen LogP) is 3.39. The number of ether oxygens (including phenoxy) is 1. The van der Waals surface area contributed by atoms with Gasteiger partial charge in [0.15, 0.2) is 5.96 Å². The summed E-state index contributed by atoms with van der Waals surface area (Å²) >= 11 is 1.81. The van der Waals surface area contributed by atoms with E-state index in [9.17, 15) is 0 Å².